The van der Waals surface area contributed by atoms with Gasteiger partial charge < -0.3 is 20.1 Å². The van der Waals surface area contributed by atoms with Crippen molar-refractivity contribution >= 4 is 11.9 Å². The predicted octanol–water partition coefficient (Wildman–Crippen LogP) is 14.3. The van der Waals surface area contributed by atoms with E-state index in [-0.39, 0.29) is 23.8 Å². The fourth-order valence-electron chi connectivity index (χ4n) is 7.90. The number of hydrogen-bond donors (Lipinski definition) is 1. The fraction of sp³-hybridized carbons (Fsp3) is 0.959. The van der Waals surface area contributed by atoms with E-state index >= 15 is 0 Å². The molecule has 0 saturated carbocycles. The van der Waals surface area contributed by atoms with E-state index in [1.165, 1.54) is 167 Å². The van der Waals surface area contributed by atoms with E-state index in [4.69, 9.17) is 15.2 Å². The molecule has 0 rings (SSSR count). The maximum absolute atomic E-state index is 12.8. The highest BCUT2D eigenvalue weighted by Crippen LogP contribution is 2.22. The number of hydrogen-bond acceptors (Lipinski definition) is 6. The molecule has 0 aromatic heterocycles. The molecule has 0 aliphatic carbocycles. The van der Waals surface area contributed by atoms with Gasteiger partial charge in [0.25, 0.3) is 0 Å². The summed E-state index contributed by atoms with van der Waals surface area (Å²) in [7, 11) is 0. The lowest BCUT2D eigenvalue weighted by Crippen LogP contribution is -2.28. The number of unbranched alkanes of at least 4 members (excludes halogenated alkanes) is 24. The Bertz CT molecular complexity index is 709. The normalized spacial score (nSPS) is 11.7. The summed E-state index contributed by atoms with van der Waals surface area (Å²) in [6, 6.07) is 0. The van der Waals surface area contributed by atoms with E-state index in [1.54, 1.807) is 0 Å². The minimum Gasteiger partial charge on any atom is -0.465 e. The first kappa shape index (κ1) is 53.9. The molecule has 0 aromatic carbocycles. The van der Waals surface area contributed by atoms with Crippen LogP contribution in [0, 0.1) is 11.8 Å². The van der Waals surface area contributed by atoms with E-state index in [0.29, 0.717) is 13.2 Å². The van der Waals surface area contributed by atoms with Crippen molar-refractivity contribution in [3.63, 3.8) is 0 Å². The first-order valence-electron chi connectivity index (χ1n) is 24.8. The van der Waals surface area contributed by atoms with Crippen LogP contribution in [0.1, 0.15) is 252 Å². The molecular formula is C49H98N2O4. The molecule has 0 fully saturated rings. The Kier molecular flexibility index (Phi) is 43.1. The number of esters is 2. The standard InChI is InChI=1S/C49H98N2O4/c1-5-9-13-27-36-46(37-28-14-10-6-2)48(52)54-44-33-25-21-17-19-23-31-41-51(43-35-40-50)42-32-24-20-18-22-26-34-45-55-49(53)47(38-29-15-11-7-3)39-30-16-12-8-4/h46-47H,5-45,50H2,1-4H3. The highest BCUT2D eigenvalue weighted by atomic mass is 16.5. The van der Waals surface area contributed by atoms with E-state index < -0.39 is 0 Å². The Morgan fingerprint density at radius 1 is 0.382 bits per heavy atom. The van der Waals surface area contributed by atoms with E-state index in [0.717, 1.165) is 83.7 Å². The monoisotopic (exact) mass is 779 g/mol. The average molecular weight is 779 g/mol. The van der Waals surface area contributed by atoms with E-state index in [2.05, 4.69) is 32.6 Å². The third kappa shape index (κ3) is 36.9. The van der Waals surface area contributed by atoms with Crippen molar-refractivity contribution in [1.29, 1.82) is 0 Å². The number of nitrogens with two attached hydrogens (primary N) is 1. The summed E-state index contributed by atoms with van der Waals surface area (Å²) < 4.78 is 11.5. The van der Waals surface area contributed by atoms with Crippen LogP contribution in [0.3, 0.4) is 0 Å². The molecule has 6 heteroatoms. The van der Waals surface area contributed by atoms with Gasteiger partial charge >= 0.3 is 11.9 Å². The number of carbonyl (C=O) groups excluding carboxylic acids is 2. The van der Waals surface area contributed by atoms with E-state index in [1.807, 2.05) is 0 Å². The van der Waals surface area contributed by atoms with Crippen molar-refractivity contribution in [2.24, 2.45) is 17.6 Å². The van der Waals surface area contributed by atoms with Crippen LogP contribution in [-0.4, -0.2) is 56.2 Å². The lowest BCUT2D eigenvalue weighted by Gasteiger charge is -2.22. The largest absolute Gasteiger partial charge is 0.465 e. The topological polar surface area (TPSA) is 81.9 Å². The Labute approximate surface area is 344 Å². The molecule has 0 aliphatic heterocycles. The van der Waals surface area contributed by atoms with Crippen molar-refractivity contribution in [2.75, 3.05) is 39.4 Å². The van der Waals surface area contributed by atoms with Crippen molar-refractivity contribution in [1.82, 2.24) is 4.90 Å². The first-order chi connectivity index (χ1) is 27.0. The summed E-state index contributed by atoms with van der Waals surface area (Å²) in [5.74, 6) is 0.379. The zero-order valence-electron chi connectivity index (χ0n) is 37.8. The van der Waals surface area contributed by atoms with Gasteiger partial charge in [-0.1, -0.05) is 195 Å². The third-order valence-electron chi connectivity index (χ3n) is 11.7. The van der Waals surface area contributed by atoms with Crippen LogP contribution in [0.4, 0.5) is 0 Å². The molecule has 0 radical (unpaired) electrons. The Morgan fingerprint density at radius 2 is 0.655 bits per heavy atom. The molecule has 55 heavy (non-hydrogen) atoms. The maximum Gasteiger partial charge on any atom is 0.308 e. The maximum atomic E-state index is 12.8. The van der Waals surface area contributed by atoms with Crippen molar-refractivity contribution in [3.05, 3.63) is 0 Å². The molecule has 0 heterocycles. The molecule has 0 saturated heterocycles. The molecule has 0 spiro atoms. The van der Waals surface area contributed by atoms with Crippen LogP contribution in [0.15, 0.2) is 0 Å². The van der Waals surface area contributed by atoms with Crippen LogP contribution in [0.5, 0.6) is 0 Å². The minimum atomic E-state index is 0.0723. The smallest absolute Gasteiger partial charge is 0.308 e. The van der Waals surface area contributed by atoms with Gasteiger partial charge in [-0.15, -0.1) is 0 Å². The van der Waals surface area contributed by atoms with Crippen LogP contribution in [0.25, 0.3) is 0 Å². The van der Waals surface area contributed by atoms with Crippen LogP contribution in [-0.2, 0) is 19.1 Å². The molecule has 328 valence electrons. The average Bonchev–Trinajstić information content (AvgIpc) is 3.19. The molecule has 2 N–H and O–H groups in total. The fourth-order valence-corrected chi connectivity index (χ4v) is 7.90. The molecular weight excluding hydrogens is 681 g/mol. The summed E-state index contributed by atoms with van der Waals surface area (Å²) in [5.41, 5.74) is 5.86. The van der Waals surface area contributed by atoms with Crippen LogP contribution >= 0.6 is 0 Å². The van der Waals surface area contributed by atoms with Crippen molar-refractivity contribution < 1.29 is 19.1 Å². The second kappa shape index (κ2) is 44.0. The molecule has 6 nitrogen and oxygen atoms in total. The first-order valence-corrected chi connectivity index (χ1v) is 24.8. The Morgan fingerprint density at radius 3 is 0.964 bits per heavy atom. The predicted molar refractivity (Wildman–Crippen MR) is 239 cm³/mol. The minimum absolute atomic E-state index is 0.0723. The van der Waals surface area contributed by atoms with Gasteiger partial charge in [-0.3, -0.25) is 9.59 Å². The van der Waals surface area contributed by atoms with Gasteiger partial charge in [0.15, 0.2) is 0 Å². The second-order valence-electron chi connectivity index (χ2n) is 17.1. The summed E-state index contributed by atoms with van der Waals surface area (Å²) in [6.45, 7) is 14.5. The highest BCUT2D eigenvalue weighted by molar-refractivity contribution is 5.72. The molecule has 0 atom stereocenters. The summed E-state index contributed by atoms with van der Waals surface area (Å²) in [6.07, 6.45) is 42.0. The van der Waals surface area contributed by atoms with Gasteiger partial charge in [-0.2, -0.15) is 0 Å². The third-order valence-corrected chi connectivity index (χ3v) is 11.7. The van der Waals surface area contributed by atoms with Crippen LogP contribution in [0.2, 0.25) is 0 Å². The number of rotatable bonds is 45. The molecule has 0 aromatic rings. The van der Waals surface area contributed by atoms with Crippen molar-refractivity contribution in [2.45, 2.75) is 252 Å². The molecule has 0 bridgehead atoms. The van der Waals surface area contributed by atoms with Gasteiger partial charge in [-0.25, -0.2) is 0 Å². The van der Waals surface area contributed by atoms with Gasteiger partial charge in [0.2, 0.25) is 0 Å². The number of carbonyl (C=O) groups is 2. The summed E-state index contributed by atoms with van der Waals surface area (Å²) >= 11 is 0. The zero-order valence-corrected chi connectivity index (χ0v) is 37.8. The SMILES string of the molecule is CCCCCCC(CCCCCC)C(=O)OCCCCCCCCCN(CCCN)CCCCCCCCCOC(=O)C(CCCCCC)CCCCCC. The summed E-state index contributed by atoms with van der Waals surface area (Å²) in [4.78, 5) is 28.3. The lowest BCUT2D eigenvalue weighted by molar-refractivity contribution is -0.150. The van der Waals surface area contributed by atoms with Gasteiger partial charge in [-0.05, 0) is 84.0 Å². The van der Waals surface area contributed by atoms with Crippen molar-refractivity contribution in [3.8, 4) is 0 Å². The summed E-state index contributed by atoms with van der Waals surface area (Å²) in [5, 5.41) is 0. The molecule has 0 aliphatic rings. The van der Waals surface area contributed by atoms with E-state index in [9.17, 15) is 9.59 Å². The Balaban J connectivity index is 4.00. The van der Waals surface area contributed by atoms with Gasteiger partial charge in [0, 0.05) is 0 Å². The Hall–Kier alpha value is -1.14. The number of nitrogens with zero attached hydrogens (tertiary/aromatic N) is 1. The second-order valence-corrected chi connectivity index (χ2v) is 17.1. The van der Waals surface area contributed by atoms with Gasteiger partial charge in [0.05, 0.1) is 25.0 Å². The molecule has 0 unspecified atom stereocenters. The van der Waals surface area contributed by atoms with Gasteiger partial charge in [0.1, 0.15) is 0 Å². The lowest BCUT2D eigenvalue weighted by atomic mass is 9.94. The van der Waals surface area contributed by atoms with Crippen LogP contribution < -0.4 is 5.73 Å². The zero-order chi connectivity index (χ0) is 40.3. The highest BCUT2D eigenvalue weighted by Gasteiger charge is 2.20. The quantitative estimate of drug-likeness (QED) is 0.0490. The molecule has 0 amide bonds. The number of ether oxygens (including phenoxy) is 2.